The van der Waals surface area contributed by atoms with Crippen LogP contribution in [0.5, 0.6) is 0 Å². The number of hydrogen-bond donors (Lipinski definition) is 1. The van der Waals surface area contributed by atoms with Crippen molar-refractivity contribution >= 4 is 13.5 Å². The average molecular weight is 297 g/mol. The number of nitrogens with zero attached hydrogens (tertiary/aromatic N) is 1. The monoisotopic (exact) mass is 297 g/mol. The maximum Gasteiger partial charge on any atom is 0.323 e. The Bertz CT molecular complexity index is 497. The third kappa shape index (κ3) is 4.60. The maximum atomic E-state index is 12.0. The van der Waals surface area contributed by atoms with Gasteiger partial charge in [-0.2, -0.15) is 0 Å². The molecule has 0 aliphatic heterocycles. The second kappa shape index (κ2) is 7.39. The van der Waals surface area contributed by atoms with Gasteiger partial charge < -0.3 is 9.63 Å². The van der Waals surface area contributed by atoms with E-state index in [2.05, 4.69) is 6.58 Å². The van der Waals surface area contributed by atoms with Crippen molar-refractivity contribution in [1.82, 2.24) is 4.67 Å². The largest absolute Gasteiger partial charge is 0.468 e. The molecule has 0 aliphatic rings. The molecular weight excluding hydrogens is 277 g/mol. The molecule has 2 atom stereocenters. The summed E-state index contributed by atoms with van der Waals surface area (Å²) in [4.78, 5) is 21.8. The fourth-order valence-electron chi connectivity index (χ4n) is 1.95. The summed E-state index contributed by atoms with van der Waals surface area (Å²) < 4.78 is 18.0. The summed E-state index contributed by atoms with van der Waals surface area (Å²) in [6.45, 7) is 4.90. The summed E-state index contributed by atoms with van der Waals surface area (Å²) in [7, 11) is -2.32. The lowest BCUT2D eigenvalue weighted by atomic mass is 10.1. The molecule has 6 heteroatoms. The highest BCUT2D eigenvalue weighted by Crippen LogP contribution is 2.43. The molecule has 0 amide bonds. The molecule has 1 rings (SSSR count). The van der Waals surface area contributed by atoms with E-state index in [1.165, 1.54) is 24.5 Å². The van der Waals surface area contributed by atoms with E-state index >= 15 is 0 Å². The second-order valence-corrected chi connectivity index (χ2v) is 6.66. The predicted octanol–water partition coefficient (Wildman–Crippen LogP) is 2.07. The number of rotatable bonds is 7. The number of carbonyl (C=O) groups excluding carboxylic acids is 1. The van der Waals surface area contributed by atoms with E-state index < -0.39 is 19.5 Å². The van der Waals surface area contributed by atoms with Crippen molar-refractivity contribution in [3.05, 3.63) is 48.6 Å². The number of esters is 1. The zero-order valence-electron chi connectivity index (χ0n) is 11.7. The standard InChI is InChI=1S/C14H20NO4P/c1-4-10-15(20(3,17)18)13(14(16)19-2)11-12-8-6-5-7-9-12/h4-9,13H,1,10-11H2,2-3H3,(H,17,18)/t13-/m0/s1. The van der Waals surface area contributed by atoms with Gasteiger partial charge in [0.05, 0.1) is 7.11 Å². The smallest absolute Gasteiger partial charge is 0.323 e. The van der Waals surface area contributed by atoms with Gasteiger partial charge in [0.2, 0.25) is 0 Å². The van der Waals surface area contributed by atoms with Gasteiger partial charge in [0.15, 0.2) is 0 Å². The van der Waals surface area contributed by atoms with Crippen LogP contribution < -0.4 is 0 Å². The zero-order valence-corrected chi connectivity index (χ0v) is 12.6. The molecule has 0 saturated carbocycles. The molecule has 1 aromatic rings. The molecule has 1 N–H and O–H groups in total. The molecule has 0 saturated heterocycles. The maximum absolute atomic E-state index is 12.0. The van der Waals surface area contributed by atoms with Crippen LogP contribution in [0.3, 0.4) is 0 Å². The summed E-state index contributed by atoms with van der Waals surface area (Å²) in [5, 5.41) is 0. The number of carbonyl (C=O) groups is 1. The van der Waals surface area contributed by atoms with Crippen LogP contribution in [0.1, 0.15) is 5.56 Å². The van der Waals surface area contributed by atoms with Crippen molar-refractivity contribution in [2.45, 2.75) is 12.5 Å². The number of hydrogen-bond acceptors (Lipinski definition) is 3. The fourth-order valence-corrected chi connectivity index (χ4v) is 3.07. The molecule has 0 aliphatic carbocycles. The van der Waals surface area contributed by atoms with E-state index in [0.717, 1.165) is 5.56 Å². The fraction of sp³-hybridized carbons (Fsp3) is 0.357. The van der Waals surface area contributed by atoms with Crippen LogP contribution in [0, 0.1) is 0 Å². The SMILES string of the molecule is C=CCN([C@@H](Cc1ccccc1)C(=O)OC)P(C)(=O)O. The summed E-state index contributed by atoms with van der Waals surface area (Å²) >= 11 is 0. The Morgan fingerprint density at radius 1 is 1.50 bits per heavy atom. The molecule has 1 unspecified atom stereocenters. The lowest BCUT2D eigenvalue weighted by Gasteiger charge is -2.30. The van der Waals surface area contributed by atoms with Gasteiger partial charge in [-0.15, -0.1) is 6.58 Å². The number of methoxy groups -OCH3 is 1. The summed E-state index contributed by atoms with van der Waals surface area (Å²) in [6.07, 6.45) is 1.80. The highest BCUT2D eigenvalue weighted by Gasteiger charge is 2.34. The second-order valence-electron chi connectivity index (χ2n) is 4.47. The highest BCUT2D eigenvalue weighted by molar-refractivity contribution is 7.54. The first-order valence-electron chi connectivity index (χ1n) is 6.20. The predicted molar refractivity (Wildman–Crippen MR) is 78.6 cm³/mol. The first-order chi connectivity index (χ1) is 9.40. The van der Waals surface area contributed by atoms with Gasteiger partial charge in [0.1, 0.15) is 6.04 Å². The van der Waals surface area contributed by atoms with Gasteiger partial charge in [-0.3, -0.25) is 9.36 Å². The van der Waals surface area contributed by atoms with Crippen molar-refractivity contribution in [1.29, 1.82) is 0 Å². The first kappa shape index (κ1) is 16.6. The minimum absolute atomic E-state index is 0.136. The average Bonchev–Trinajstić information content (AvgIpc) is 2.41. The molecule has 110 valence electrons. The molecule has 1 aromatic carbocycles. The Kier molecular flexibility index (Phi) is 6.14. The minimum atomic E-state index is -3.59. The van der Waals surface area contributed by atoms with E-state index in [1.54, 1.807) is 0 Å². The van der Waals surface area contributed by atoms with Crippen LogP contribution >= 0.6 is 7.52 Å². The van der Waals surface area contributed by atoms with Crippen molar-refractivity contribution in [2.75, 3.05) is 20.3 Å². The van der Waals surface area contributed by atoms with Crippen molar-refractivity contribution in [2.24, 2.45) is 0 Å². The Balaban J connectivity index is 3.07. The van der Waals surface area contributed by atoms with Crippen LogP contribution in [0.15, 0.2) is 43.0 Å². The van der Waals surface area contributed by atoms with E-state index in [1.807, 2.05) is 30.3 Å². The van der Waals surface area contributed by atoms with E-state index in [4.69, 9.17) is 4.74 Å². The molecule has 0 bridgehead atoms. The zero-order chi connectivity index (χ0) is 15.2. The molecule has 0 fully saturated rings. The van der Waals surface area contributed by atoms with Gasteiger partial charge in [-0.05, 0) is 12.0 Å². The molecule has 20 heavy (non-hydrogen) atoms. The summed E-state index contributed by atoms with van der Waals surface area (Å²) in [6, 6.07) is 8.48. The lowest BCUT2D eigenvalue weighted by Crippen LogP contribution is -2.41. The Labute approximate surface area is 119 Å². The van der Waals surface area contributed by atoms with Gasteiger partial charge in [-0.25, -0.2) is 4.67 Å². The topological polar surface area (TPSA) is 66.8 Å². The van der Waals surface area contributed by atoms with Gasteiger partial charge in [0, 0.05) is 13.2 Å². The van der Waals surface area contributed by atoms with E-state index in [9.17, 15) is 14.3 Å². The third-order valence-electron chi connectivity index (χ3n) is 2.90. The van der Waals surface area contributed by atoms with Crippen LogP contribution in [0.4, 0.5) is 0 Å². The van der Waals surface area contributed by atoms with E-state index in [-0.39, 0.29) is 6.54 Å². The molecule has 0 aromatic heterocycles. The molecule has 0 radical (unpaired) electrons. The molecule has 5 nitrogen and oxygen atoms in total. The van der Waals surface area contributed by atoms with Crippen LogP contribution in [-0.2, 0) is 20.5 Å². The normalized spacial score (nSPS) is 15.4. The van der Waals surface area contributed by atoms with E-state index in [0.29, 0.717) is 6.42 Å². The van der Waals surface area contributed by atoms with Gasteiger partial charge >= 0.3 is 5.97 Å². The summed E-state index contributed by atoms with van der Waals surface area (Å²) in [5.74, 6) is -0.535. The third-order valence-corrected chi connectivity index (χ3v) is 4.29. The molecule has 0 heterocycles. The van der Waals surface area contributed by atoms with Crippen molar-refractivity contribution in [3.8, 4) is 0 Å². The lowest BCUT2D eigenvalue weighted by molar-refractivity contribution is -0.145. The Morgan fingerprint density at radius 2 is 2.10 bits per heavy atom. The van der Waals surface area contributed by atoms with Gasteiger partial charge in [0.25, 0.3) is 7.52 Å². The highest BCUT2D eigenvalue weighted by atomic mass is 31.2. The number of ether oxygens (including phenoxy) is 1. The van der Waals surface area contributed by atoms with Crippen LogP contribution in [0.2, 0.25) is 0 Å². The summed E-state index contributed by atoms with van der Waals surface area (Å²) in [5.41, 5.74) is 0.894. The molecular formula is C14H20NO4P. The van der Waals surface area contributed by atoms with Gasteiger partial charge in [-0.1, -0.05) is 36.4 Å². The van der Waals surface area contributed by atoms with Crippen LogP contribution in [0.25, 0.3) is 0 Å². The minimum Gasteiger partial charge on any atom is -0.468 e. The number of benzene rings is 1. The first-order valence-corrected chi connectivity index (χ1v) is 8.26. The van der Waals surface area contributed by atoms with Crippen molar-refractivity contribution < 1.29 is 19.0 Å². The Morgan fingerprint density at radius 3 is 2.55 bits per heavy atom. The molecule has 0 spiro atoms. The van der Waals surface area contributed by atoms with Crippen LogP contribution in [-0.4, -0.2) is 41.9 Å². The quantitative estimate of drug-likeness (QED) is 0.474. The Hall–Kier alpha value is -1.42. The van der Waals surface area contributed by atoms with Crippen molar-refractivity contribution in [3.63, 3.8) is 0 Å².